The van der Waals surface area contributed by atoms with Crippen molar-refractivity contribution in [2.24, 2.45) is 0 Å². The van der Waals surface area contributed by atoms with Crippen LogP contribution >= 0.6 is 11.6 Å². The van der Waals surface area contributed by atoms with Crippen LogP contribution in [0.4, 0.5) is 30.7 Å². The van der Waals surface area contributed by atoms with Gasteiger partial charge in [-0.2, -0.15) is 8.78 Å². The number of hydrogen-bond acceptors (Lipinski definition) is 1. The summed E-state index contributed by atoms with van der Waals surface area (Å²) in [7, 11) is 0. The molecule has 0 bridgehead atoms. The highest BCUT2D eigenvalue weighted by Crippen LogP contribution is 2.38. The van der Waals surface area contributed by atoms with Crippen molar-refractivity contribution >= 4 is 11.6 Å². The SMILES string of the molecule is CCCc1ccc(C(F)(F)Oc2ccc(-c3cc(F)c(F)c(F)c3)c(F)c2)c(F)c1Cl. The highest BCUT2D eigenvalue weighted by atomic mass is 35.5. The van der Waals surface area contributed by atoms with Gasteiger partial charge in [-0.05, 0) is 47.9 Å². The molecule has 3 aromatic carbocycles. The van der Waals surface area contributed by atoms with Gasteiger partial charge in [0.25, 0.3) is 0 Å². The van der Waals surface area contributed by atoms with E-state index in [0.717, 1.165) is 18.2 Å². The van der Waals surface area contributed by atoms with Crippen LogP contribution in [0.5, 0.6) is 5.75 Å². The lowest BCUT2D eigenvalue weighted by Crippen LogP contribution is -2.24. The second kappa shape index (κ2) is 8.78. The summed E-state index contributed by atoms with van der Waals surface area (Å²) in [4.78, 5) is 0. The molecule has 0 heterocycles. The first-order valence-electron chi connectivity index (χ1n) is 9.03. The van der Waals surface area contributed by atoms with Gasteiger partial charge >= 0.3 is 6.11 Å². The Morgan fingerprint density at radius 3 is 2.06 bits per heavy atom. The van der Waals surface area contributed by atoms with Crippen LogP contribution in [0.1, 0.15) is 24.5 Å². The molecule has 9 heteroatoms. The molecule has 0 amide bonds. The quantitative estimate of drug-likeness (QED) is 0.268. The zero-order valence-electron chi connectivity index (χ0n) is 15.9. The molecule has 3 rings (SSSR count). The maximum atomic E-state index is 14.5. The molecule has 1 nitrogen and oxygen atoms in total. The predicted molar refractivity (Wildman–Crippen MR) is 102 cm³/mol. The Morgan fingerprint density at radius 2 is 1.48 bits per heavy atom. The first kappa shape index (κ1) is 22.9. The van der Waals surface area contributed by atoms with E-state index in [1.807, 2.05) is 6.92 Å². The fourth-order valence-corrected chi connectivity index (χ4v) is 3.24. The molecule has 0 aliphatic heterocycles. The molecule has 0 spiro atoms. The van der Waals surface area contributed by atoms with Crippen molar-refractivity contribution < 1.29 is 35.5 Å². The van der Waals surface area contributed by atoms with Crippen molar-refractivity contribution in [3.63, 3.8) is 0 Å². The van der Waals surface area contributed by atoms with Crippen molar-refractivity contribution in [2.45, 2.75) is 25.9 Å². The maximum Gasteiger partial charge on any atom is 0.429 e. The van der Waals surface area contributed by atoms with Gasteiger partial charge in [0.05, 0.1) is 5.02 Å². The lowest BCUT2D eigenvalue weighted by molar-refractivity contribution is -0.187. The average Bonchev–Trinajstić information content (AvgIpc) is 2.69. The maximum absolute atomic E-state index is 14.5. The third kappa shape index (κ3) is 4.63. The van der Waals surface area contributed by atoms with E-state index in [9.17, 15) is 30.7 Å². The first-order chi connectivity index (χ1) is 14.5. The molecule has 0 saturated heterocycles. The van der Waals surface area contributed by atoms with Crippen LogP contribution in [0.3, 0.4) is 0 Å². The third-order valence-electron chi connectivity index (χ3n) is 4.48. The van der Waals surface area contributed by atoms with Crippen molar-refractivity contribution in [3.05, 3.63) is 87.7 Å². The Hall–Kier alpha value is -2.74. The van der Waals surface area contributed by atoms with Crippen molar-refractivity contribution in [1.29, 1.82) is 0 Å². The Morgan fingerprint density at radius 1 is 0.839 bits per heavy atom. The van der Waals surface area contributed by atoms with Gasteiger partial charge in [-0.25, -0.2) is 22.0 Å². The van der Waals surface area contributed by atoms with Gasteiger partial charge in [-0.15, -0.1) is 0 Å². The fraction of sp³-hybridized carbons (Fsp3) is 0.182. The van der Waals surface area contributed by atoms with Gasteiger partial charge in [-0.3, -0.25) is 0 Å². The van der Waals surface area contributed by atoms with Crippen LogP contribution in [0, 0.1) is 29.1 Å². The topological polar surface area (TPSA) is 9.23 Å². The van der Waals surface area contributed by atoms with Crippen LogP contribution in [0.2, 0.25) is 5.02 Å². The average molecular weight is 463 g/mol. The number of halogens is 8. The Bertz CT molecular complexity index is 1110. The van der Waals surface area contributed by atoms with Crippen LogP contribution in [0.25, 0.3) is 11.1 Å². The van der Waals surface area contributed by atoms with Crippen LogP contribution < -0.4 is 4.74 Å². The summed E-state index contributed by atoms with van der Waals surface area (Å²) < 4.78 is 102. The Kier molecular flexibility index (Phi) is 6.50. The minimum atomic E-state index is -4.19. The molecule has 0 atom stereocenters. The number of benzene rings is 3. The molecule has 0 aliphatic rings. The summed E-state index contributed by atoms with van der Waals surface area (Å²) in [6, 6.07) is 5.55. The Balaban J connectivity index is 1.91. The minimum absolute atomic E-state index is 0.350. The molecule has 31 heavy (non-hydrogen) atoms. The zero-order chi connectivity index (χ0) is 22.9. The standard InChI is InChI=1S/C22H14ClF7O/c1-2-3-11-4-7-15(20(27)19(11)23)22(29,30)31-13-5-6-14(16(24)10-13)12-8-17(25)21(28)18(26)9-12/h4-10H,2-3H2,1H3. The molecule has 0 aliphatic carbocycles. The summed E-state index contributed by atoms with van der Waals surface area (Å²) in [5.74, 6) is -8.01. The van der Waals surface area contributed by atoms with Gasteiger partial charge < -0.3 is 4.74 Å². The highest BCUT2D eigenvalue weighted by molar-refractivity contribution is 6.31. The summed E-state index contributed by atoms with van der Waals surface area (Å²) in [6.45, 7) is 1.81. The number of hydrogen-bond donors (Lipinski definition) is 0. The monoisotopic (exact) mass is 462 g/mol. The molecule has 3 aromatic rings. The van der Waals surface area contributed by atoms with Gasteiger partial charge in [-0.1, -0.05) is 31.0 Å². The minimum Gasteiger partial charge on any atom is -0.429 e. The zero-order valence-corrected chi connectivity index (χ0v) is 16.6. The normalized spacial score (nSPS) is 11.6. The van der Waals surface area contributed by atoms with E-state index in [-0.39, 0.29) is 11.1 Å². The second-order valence-corrected chi connectivity index (χ2v) is 7.04. The van der Waals surface area contributed by atoms with Gasteiger partial charge in [0, 0.05) is 11.6 Å². The van der Waals surface area contributed by atoms with Gasteiger partial charge in [0.15, 0.2) is 23.3 Å². The van der Waals surface area contributed by atoms with Crippen LogP contribution in [0.15, 0.2) is 42.5 Å². The largest absolute Gasteiger partial charge is 0.429 e. The number of rotatable bonds is 6. The summed E-state index contributed by atoms with van der Waals surface area (Å²) in [5, 5.41) is -0.454. The molecule has 0 N–H and O–H groups in total. The second-order valence-electron chi connectivity index (χ2n) is 6.66. The van der Waals surface area contributed by atoms with E-state index in [1.54, 1.807) is 0 Å². The van der Waals surface area contributed by atoms with E-state index in [2.05, 4.69) is 4.74 Å². The first-order valence-corrected chi connectivity index (χ1v) is 9.41. The molecule has 164 valence electrons. The van der Waals surface area contributed by atoms with E-state index < -0.39 is 51.5 Å². The van der Waals surface area contributed by atoms with Gasteiger partial charge in [0.2, 0.25) is 0 Å². The van der Waals surface area contributed by atoms with E-state index in [4.69, 9.17) is 11.6 Å². The summed E-state index contributed by atoms with van der Waals surface area (Å²) >= 11 is 5.82. The highest BCUT2D eigenvalue weighted by Gasteiger charge is 2.39. The van der Waals surface area contributed by atoms with E-state index >= 15 is 0 Å². The third-order valence-corrected chi connectivity index (χ3v) is 4.89. The van der Waals surface area contributed by atoms with Crippen LogP contribution in [-0.2, 0) is 12.5 Å². The molecular weight excluding hydrogens is 449 g/mol. The van der Waals surface area contributed by atoms with E-state index in [1.165, 1.54) is 6.07 Å². The number of alkyl halides is 2. The molecule has 0 aromatic heterocycles. The molecule has 0 unspecified atom stereocenters. The van der Waals surface area contributed by atoms with Crippen molar-refractivity contribution in [2.75, 3.05) is 0 Å². The Labute approximate surface area is 178 Å². The van der Waals surface area contributed by atoms with Gasteiger partial charge in [0.1, 0.15) is 17.1 Å². The van der Waals surface area contributed by atoms with Crippen LogP contribution in [-0.4, -0.2) is 0 Å². The van der Waals surface area contributed by atoms with Crippen molar-refractivity contribution in [1.82, 2.24) is 0 Å². The lowest BCUT2D eigenvalue weighted by atomic mass is 10.0. The van der Waals surface area contributed by atoms with Crippen molar-refractivity contribution in [3.8, 4) is 16.9 Å². The number of ether oxygens (including phenoxy) is 1. The van der Waals surface area contributed by atoms with E-state index in [0.29, 0.717) is 36.6 Å². The smallest absolute Gasteiger partial charge is 0.429 e. The molecule has 0 radical (unpaired) electrons. The fourth-order valence-electron chi connectivity index (χ4n) is 2.98. The number of aryl methyl sites for hydroxylation is 1. The summed E-state index contributed by atoms with van der Waals surface area (Å²) in [6.07, 6.45) is -3.18. The predicted octanol–water partition coefficient (Wildman–Crippen LogP) is 7.78. The molecule has 0 fully saturated rings. The molecule has 0 saturated carbocycles. The molecular formula is C22H14ClF7O. The lowest BCUT2D eigenvalue weighted by Gasteiger charge is -2.20. The summed E-state index contributed by atoms with van der Waals surface area (Å²) in [5.41, 5.74) is -1.51.